The zero-order valence-electron chi connectivity index (χ0n) is 13.8. The number of sulfonamides is 1. The Labute approximate surface area is 139 Å². The maximum atomic E-state index is 12.9. The van der Waals surface area contributed by atoms with Crippen molar-refractivity contribution in [2.75, 3.05) is 6.54 Å². The van der Waals surface area contributed by atoms with Crippen molar-refractivity contribution < 1.29 is 8.42 Å². The summed E-state index contributed by atoms with van der Waals surface area (Å²) in [5, 5.41) is 0.209. The Balaban J connectivity index is 2.22. The SMILES string of the molecule is CCC1C=CCN1S(=O)(=O)c1ccc2c(c1)c(=O)n(C)c(=O)n2C. The van der Waals surface area contributed by atoms with Gasteiger partial charge in [0.05, 0.1) is 15.8 Å². The lowest BCUT2D eigenvalue weighted by molar-refractivity contribution is 0.403. The first-order valence-corrected chi connectivity index (χ1v) is 9.11. The predicted octanol–water partition coefficient (Wildman–Crippen LogP) is 0.576. The van der Waals surface area contributed by atoms with Crippen molar-refractivity contribution in [3.05, 3.63) is 51.2 Å². The summed E-state index contributed by atoms with van der Waals surface area (Å²) in [5.41, 5.74) is -0.539. The van der Waals surface area contributed by atoms with Gasteiger partial charge < -0.3 is 0 Å². The number of aryl methyl sites for hydroxylation is 1. The van der Waals surface area contributed by atoms with Gasteiger partial charge in [-0.1, -0.05) is 19.1 Å². The molecule has 1 aliphatic heterocycles. The van der Waals surface area contributed by atoms with Gasteiger partial charge in [0.2, 0.25) is 10.0 Å². The third kappa shape index (κ3) is 2.33. The normalized spacial score (nSPS) is 18.5. The van der Waals surface area contributed by atoms with Crippen molar-refractivity contribution in [2.45, 2.75) is 24.3 Å². The van der Waals surface area contributed by atoms with Gasteiger partial charge in [0, 0.05) is 26.7 Å². The molecule has 2 heterocycles. The van der Waals surface area contributed by atoms with E-state index in [0.717, 1.165) is 4.57 Å². The van der Waals surface area contributed by atoms with Crippen LogP contribution in [-0.2, 0) is 24.1 Å². The van der Waals surface area contributed by atoms with E-state index in [1.807, 2.05) is 19.1 Å². The maximum absolute atomic E-state index is 12.9. The van der Waals surface area contributed by atoms with Gasteiger partial charge >= 0.3 is 5.69 Å². The van der Waals surface area contributed by atoms with Crippen LogP contribution in [0.1, 0.15) is 13.3 Å². The molecule has 3 rings (SSSR count). The molecule has 0 spiro atoms. The molecule has 0 fully saturated rings. The van der Waals surface area contributed by atoms with Crippen molar-refractivity contribution >= 4 is 20.9 Å². The average molecular weight is 349 g/mol. The van der Waals surface area contributed by atoms with Gasteiger partial charge in [-0.25, -0.2) is 13.2 Å². The average Bonchev–Trinajstić information content (AvgIpc) is 3.07. The summed E-state index contributed by atoms with van der Waals surface area (Å²) < 4.78 is 29.5. The van der Waals surface area contributed by atoms with Crippen LogP contribution in [0.25, 0.3) is 10.9 Å². The molecule has 24 heavy (non-hydrogen) atoms. The van der Waals surface area contributed by atoms with Crippen molar-refractivity contribution in [3.8, 4) is 0 Å². The molecular weight excluding hydrogens is 330 g/mol. The Morgan fingerprint density at radius 3 is 2.54 bits per heavy atom. The molecular formula is C16H19N3O4S. The zero-order chi connectivity index (χ0) is 17.6. The number of rotatable bonds is 3. The van der Waals surface area contributed by atoms with E-state index in [4.69, 9.17) is 0 Å². The van der Waals surface area contributed by atoms with E-state index in [2.05, 4.69) is 0 Å². The lowest BCUT2D eigenvalue weighted by atomic mass is 10.2. The van der Waals surface area contributed by atoms with Crippen LogP contribution in [0, 0.1) is 0 Å². The molecule has 0 saturated heterocycles. The molecule has 0 saturated carbocycles. The molecule has 1 aromatic heterocycles. The highest BCUT2D eigenvalue weighted by Gasteiger charge is 2.31. The topological polar surface area (TPSA) is 81.4 Å². The van der Waals surface area contributed by atoms with Gasteiger partial charge in [-0.3, -0.25) is 13.9 Å². The smallest absolute Gasteiger partial charge is 0.296 e. The van der Waals surface area contributed by atoms with E-state index in [1.165, 1.54) is 34.1 Å². The largest absolute Gasteiger partial charge is 0.330 e. The van der Waals surface area contributed by atoms with Crippen LogP contribution in [0.2, 0.25) is 0 Å². The van der Waals surface area contributed by atoms with E-state index in [1.54, 1.807) is 7.05 Å². The van der Waals surface area contributed by atoms with E-state index in [0.29, 0.717) is 18.5 Å². The van der Waals surface area contributed by atoms with E-state index >= 15 is 0 Å². The molecule has 1 aliphatic rings. The summed E-state index contributed by atoms with van der Waals surface area (Å²) in [6, 6.07) is 4.14. The molecule has 0 radical (unpaired) electrons. The number of aromatic nitrogens is 2. The molecule has 1 aromatic carbocycles. The highest BCUT2D eigenvalue weighted by molar-refractivity contribution is 7.89. The Morgan fingerprint density at radius 1 is 1.17 bits per heavy atom. The van der Waals surface area contributed by atoms with Gasteiger partial charge in [-0.2, -0.15) is 4.31 Å². The number of hydrogen-bond acceptors (Lipinski definition) is 4. The summed E-state index contributed by atoms with van der Waals surface area (Å²) >= 11 is 0. The molecule has 0 amide bonds. The number of fused-ring (bicyclic) bond motifs is 1. The molecule has 0 aliphatic carbocycles. The fraction of sp³-hybridized carbons (Fsp3) is 0.375. The zero-order valence-corrected chi connectivity index (χ0v) is 14.6. The highest BCUT2D eigenvalue weighted by Crippen LogP contribution is 2.25. The van der Waals surface area contributed by atoms with Gasteiger partial charge in [0.25, 0.3) is 5.56 Å². The van der Waals surface area contributed by atoms with Crippen LogP contribution < -0.4 is 11.2 Å². The van der Waals surface area contributed by atoms with Gasteiger partial charge in [-0.05, 0) is 24.6 Å². The summed E-state index contributed by atoms with van der Waals surface area (Å²) in [5.74, 6) is 0. The summed E-state index contributed by atoms with van der Waals surface area (Å²) in [7, 11) is -0.780. The summed E-state index contributed by atoms with van der Waals surface area (Å²) in [6.45, 7) is 2.25. The third-order valence-corrected chi connectivity index (χ3v) is 6.36. The van der Waals surface area contributed by atoms with Crippen LogP contribution in [0.15, 0.2) is 44.8 Å². The van der Waals surface area contributed by atoms with Crippen LogP contribution in [0.4, 0.5) is 0 Å². The quantitative estimate of drug-likeness (QED) is 0.759. The first-order chi connectivity index (χ1) is 11.3. The molecule has 2 aromatic rings. The predicted molar refractivity (Wildman–Crippen MR) is 91.5 cm³/mol. The Morgan fingerprint density at radius 2 is 1.88 bits per heavy atom. The standard InChI is InChI=1S/C16H19N3O4S/c1-4-11-6-5-9-19(11)24(22,23)12-7-8-14-13(10-12)15(20)18(3)16(21)17(14)2/h5-8,10-11H,4,9H2,1-3H3. The molecule has 128 valence electrons. The molecule has 8 heteroatoms. The third-order valence-electron chi connectivity index (χ3n) is 4.48. The summed E-state index contributed by atoms with van der Waals surface area (Å²) in [6.07, 6.45) is 4.39. The van der Waals surface area contributed by atoms with Crippen LogP contribution in [0.5, 0.6) is 0 Å². The Bertz CT molecular complexity index is 1060. The van der Waals surface area contributed by atoms with E-state index in [-0.39, 0.29) is 16.3 Å². The van der Waals surface area contributed by atoms with Crippen molar-refractivity contribution in [1.82, 2.24) is 13.4 Å². The van der Waals surface area contributed by atoms with Crippen molar-refractivity contribution in [3.63, 3.8) is 0 Å². The van der Waals surface area contributed by atoms with Crippen LogP contribution in [0.3, 0.4) is 0 Å². The lowest BCUT2D eigenvalue weighted by Crippen LogP contribution is -2.37. The Hall–Kier alpha value is -2.19. The molecule has 7 nitrogen and oxygen atoms in total. The monoisotopic (exact) mass is 349 g/mol. The minimum Gasteiger partial charge on any atom is -0.296 e. The number of benzene rings is 1. The van der Waals surface area contributed by atoms with Crippen LogP contribution >= 0.6 is 0 Å². The minimum absolute atomic E-state index is 0.0629. The number of nitrogens with zero attached hydrogens (tertiary/aromatic N) is 3. The van der Waals surface area contributed by atoms with E-state index in [9.17, 15) is 18.0 Å². The second-order valence-electron chi connectivity index (χ2n) is 5.86. The first kappa shape index (κ1) is 16.7. The van der Waals surface area contributed by atoms with Crippen molar-refractivity contribution in [2.24, 2.45) is 14.1 Å². The molecule has 0 N–H and O–H groups in total. The van der Waals surface area contributed by atoms with Crippen LogP contribution in [-0.4, -0.2) is 34.4 Å². The Kier molecular flexibility index (Phi) is 3.97. The molecule has 0 bridgehead atoms. The fourth-order valence-corrected chi connectivity index (χ4v) is 4.68. The van der Waals surface area contributed by atoms with E-state index < -0.39 is 21.3 Å². The fourth-order valence-electron chi connectivity index (χ4n) is 3.04. The van der Waals surface area contributed by atoms with Gasteiger partial charge in [0.1, 0.15) is 0 Å². The first-order valence-electron chi connectivity index (χ1n) is 7.67. The van der Waals surface area contributed by atoms with Gasteiger partial charge in [-0.15, -0.1) is 0 Å². The summed E-state index contributed by atoms with van der Waals surface area (Å²) in [4.78, 5) is 24.4. The second-order valence-corrected chi connectivity index (χ2v) is 7.75. The number of hydrogen-bond donors (Lipinski definition) is 0. The highest BCUT2D eigenvalue weighted by atomic mass is 32.2. The molecule has 1 unspecified atom stereocenters. The maximum Gasteiger partial charge on any atom is 0.330 e. The second kappa shape index (κ2) is 5.71. The lowest BCUT2D eigenvalue weighted by Gasteiger charge is -2.23. The molecule has 1 atom stereocenters. The van der Waals surface area contributed by atoms with Gasteiger partial charge in [0.15, 0.2) is 0 Å². The minimum atomic E-state index is -3.71. The van der Waals surface area contributed by atoms with Crippen molar-refractivity contribution in [1.29, 1.82) is 0 Å².